The molecular formula is C12H16O. The Balaban J connectivity index is 3.23. The third kappa shape index (κ3) is 1.92. The van der Waals surface area contributed by atoms with Crippen LogP contribution in [0.25, 0.3) is 5.57 Å². The zero-order chi connectivity index (χ0) is 9.84. The zero-order valence-electron chi connectivity index (χ0n) is 8.72. The first-order valence-corrected chi connectivity index (χ1v) is 4.47. The molecule has 1 aromatic carbocycles. The Hall–Kier alpha value is -1.24. The predicted octanol–water partition coefficient (Wildman–Crippen LogP) is 3.43. The molecule has 0 heterocycles. The maximum Gasteiger partial charge on any atom is 0.122 e. The lowest BCUT2D eigenvalue weighted by Crippen LogP contribution is -1.91. The Labute approximate surface area is 80.0 Å². The number of benzene rings is 1. The van der Waals surface area contributed by atoms with Crippen molar-refractivity contribution in [2.75, 3.05) is 7.11 Å². The summed E-state index contributed by atoms with van der Waals surface area (Å²) in [5.41, 5.74) is 3.76. The molecule has 0 fully saturated rings. The highest BCUT2D eigenvalue weighted by molar-refractivity contribution is 5.68. The van der Waals surface area contributed by atoms with Crippen molar-refractivity contribution in [3.63, 3.8) is 0 Å². The average Bonchev–Trinajstić information content (AvgIpc) is 2.17. The molecular weight excluding hydrogens is 160 g/mol. The van der Waals surface area contributed by atoms with Crippen molar-refractivity contribution >= 4 is 5.57 Å². The Morgan fingerprint density at radius 2 is 2.08 bits per heavy atom. The Bertz CT molecular complexity index is 324. The van der Waals surface area contributed by atoms with E-state index in [0.717, 1.165) is 5.75 Å². The number of hydrogen-bond donors (Lipinski definition) is 0. The second-order valence-electron chi connectivity index (χ2n) is 3.10. The van der Waals surface area contributed by atoms with Crippen molar-refractivity contribution < 1.29 is 4.74 Å². The standard InChI is InChI=1S/C12H16O/c1-5-9(2)11-7-6-8-12(13-4)10(11)3/h5-8H,1-4H3/b9-5+. The summed E-state index contributed by atoms with van der Waals surface area (Å²) in [6.45, 7) is 6.25. The highest BCUT2D eigenvalue weighted by Gasteiger charge is 2.03. The van der Waals surface area contributed by atoms with Crippen LogP contribution in [0.15, 0.2) is 24.3 Å². The van der Waals surface area contributed by atoms with Crippen LogP contribution in [-0.2, 0) is 0 Å². The van der Waals surface area contributed by atoms with Crippen molar-refractivity contribution in [2.24, 2.45) is 0 Å². The number of hydrogen-bond acceptors (Lipinski definition) is 1. The number of ether oxygens (including phenoxy) is 1. The molecule has 0 bridgehead atoms. The van der Waals surface area contributed by atoms with Gasteiger partial charge in [0.15, 0.2) is 0 Å². The molecule has 1 nitrogen and oxygen atoms in total. The van der Waals surface area contributed by atoms with Gasteiger partial charge in [-0.15, -0.1) is 0 Å². The maximum atomic E-state index is 5.25. The predicted molar refractivity (Wildman–Crippen MR) is 57.1 cm³/mol. The van der Waals surface area contributed by atoms with Crippen LogP contribution in [0.2, 0.25) is 0 Å². The van der Waals surface area contributed by atoms with Crippen LogP contribution in [0, 0.1) is 6.92 Å². The molecule has 0 spiro atoms. The van der Waals surface area contributed by atoms with E-state index in [9.17, 15) is 0 Å². The van der Waals surface area contributed by atoms with Crippen molar-refractivity contribution in [2.45, 2.75) is 20.8 Å². The van der Waals surface area contributed by atoms with E-state index in [1.807, 2.05) is 19.1 Å². The lowest BCUT2D eigenvalue weighted by molar-refractivity contribution is 0.411. The van der Waals surface area contributed by atoms with E-state index in [1.54, 1.807) is 7.11 Å². The topological polar surface area (TPSA) is 9.23 Å². The minimum Gasteiger partial charge on any atom is -0.496 e. The van der Waals surface area contributed by atoms with Gasteiger partial charge in [0.2, 0.25) is 0 Å². The molecule has 0 N–H and O–H groups in total. The molecule has 0 radical (unpaired) electrons. The highest BCUT2D eigenvalue weighted by Crippen LogP contribution is 2.25. The minimum atomic E-state index is 0.957. The average molecular weight is 176 g/mol. The van der Waals surface area contributed by atoms with Crippen LogP contribution in [0.3, 0.4) is 0 Å². The smallest absolute Gasteiger partial charge is 0.122 e. The third-order valence-electron chi connectivity index (χ3n) is 2.36. The summed E-state index contributed by atoms with van der Waals surface area (Å²) < 4.78 is 5.25. The molecule has 0 amide bonds. The normalized spacial score (nSPS) is 11.5. The van der Waals surface area contributed by atoms with Crippen molar-refractivity contribution in [1.29, 1.82) is 0 Å². The fraction of sp³-hybridized carbons (Fsp3) is 0.333. The van der Waals surface area contributed by atoms with Gasteiger partial charge in [-0.25, -0.2) is 0 Å². The molecule has 0 saturated carbocycles. The van der Waals surface area contributed by atoms with Gasteiger partial charge in [0.1, 0.15) is 5.75 Å². The summed E-state index contributed by atoms with van der Waals surface area (Å²) in [7, 11) is 1.71. The first-order chi connectivity index (χ1) is 6.20. The van der Waals surface area contributed by atoms with E-state index in [-0.39, 0.29) is 0 Å². The van der Waals surface area contributed by atoms with Crippen molar-refractivity contribution in [1.82, 2.24) is 0 Å². The highest BCUT2D eigenvalue weighted by atomic mass is 16.5. The third-order valence-corrected chi connectivity index (χ3v) is 2.36. The van der Waals surface area contributed by atoms with E-state index in [2.05, 4.69) is 26.0 Å². The molecule has 0 saturated heterocycles. The summed E-state index contributed by atoms with van der Waals surface area (Å²) in [5, 5.41) is 0. The SMILES string of the molecule is C/C=C(\C)c1cccc(OC)c1C. The first kappa shape index (κ1) is 9.85. The van der Waals surface area contributed by atoms with Crippen molar-refractivity contribution in [3.05, 3.63) is 35.4 Å². The molecule has 0 aliphatic rings. The monoisotopic (exact) mass is 176 g/mol. The second-order valence-corrected chi connectivity index (χ2v) is 3.10. The quantitative estimate of drug-likeness (QED) is 0.670. The maximum absolute atomic E-state index is 5.25. The minimum absolute atomic E-state index is 0.957. The van der Waals surface area contributed by atoms with Gasteiger partial charge in [-0.05, 0) is 43.5 Å². The van der Waals surface area contributed by atoms with Gasteiger partial charge in [-0.1, -0.05) is 18.2 Å². The molecule has 70 valence electrons. The van der Waals surface area contributed by atoms with Crippen LogP contribution < -0.4 is 4.74 Å². The number of allylic oxidation sites excluding steroid dienone is 2. The Kier molecular flexibility index (Phi) is 3.13. The van der Waals surface area contributed by atoms with E-state index in [0.29, 0.717) is 0 Å². The summed E-state index contributed by atoms with van der Waals surface area (Å²) in [6, 6.07) is 6.13. The molecule has 0 aromatic heterocycles. The van der Waals surface area contributed by atoms with Gasteiger partial charge in [-0.2, -0.15) is 0 Å². The van der Waals surface area contributed by atoms with E-state index in [1.165, 1.54) is 16.7 Å². The Morgan fingerprint density at radius 1 is 1.38 bits per heavy atom. The van der Waals surface area contributed by atoms with E-state index in [4.69, 9.17) is 4.74 Å². The number of methoxy groups -OCH3 is 1. The second kappa shape index (κ2) is 4.13. The summed E-state index contributed by atoms with van der Waals surface area (Å²) in [4.78, 5) is 0. The van der Waals surface area contributed by atoms with Crippen molar-refractivity contribution in [3.8, 4) is 5.75 Å². The fourth-order valence-corrected chi connectivity index (χ4v) is 1.42. The molecule has 0 aliphatic heterocycles. The van der Waals surface area contributed by atoms with Crippen LogP contribution in [0.4, 0.5) is 0 Å². The molecule has 0 aliphatic carbocycles. The van der Waals surface area contributed by atoms with Gasteiger partial charge < -0.3 is 4.74 Å². The van der Waals surface area contributed by atoms with Crippen LogP contribution in [0.1, 0.15) is 25.0 Å². The molecule has 0 atom stereocenters. The summed E-state index contributed by atoms with van der Waals surface area (Å²) >= 11 is 0. The molecule has 1 rings (SSSR count). The Morgan fingerprint density at radius 3 is 2.62 bits per heavy atom. The zero-order valence-corrected chi connectivity index (χ0v) is 8.72. The van der Waals surface area contributed by atoms with Crippen LogP contribution >= 0.6 is 0 Å². The summed E-state index contributed by atoms with van der Waals surface area (Å²) in [5.74, 6) is 0.957. The fourth-order valence-electron chi connectivity index (χ4n) is 1.42. The lowest BCUT2D eigenvalue weighted by atomic mass is 10.0. The first-order valence-electron chi connectivity index (χ1n) is 4.47. The van der Waals surface area contributed by atoms with Gasteiger partial charge in [-0.3, -0.25) is 0 Å². The molecule has 13 heavy (non-hydrogen) atoms. The molecule has 1 heteroatoms. The molecule has 1 aromatic rings. The van der Waals surface area contributed by atoms with Crippen LogP contribution in [0.5, 0.6) is 5.75 Å². The van der Waals surface area contributed by atoms with Gasteiger partial charge in [0.05, 0.1) is 7.11 Å². The van der Waals surface area contributed by atoms with Gasteiger partial charge in [0.25, 0.3) is 0 Å². The lowest BCUT2D eigenvalue weighted by Gasteiger charge is -2.09. The van der Waals surface area contributed by atoms with E-state index < -0.39 is 0 Å². The summed E-state index contributed by atoms with van der Waals surface area (Å²) in [6.07, 6.45) is 2.11. The van der Waals surface area contributed by atoms with Crippen LogP contribution in [-0.4, -0.2) is 7.11 Å². The van der Waals surface area contributed by atoms with Gasteiger partial charge >= 0.3 is 0 Å². The van der Waals surface area contributed by atoms with E-state index >= 15 is 0 Å². The van der Waals surface area contributed by atoms with Gasteiger partial charge in [0, 0.05) is 0 Å². The largest absolute Gasteiger partial charge is 0.496 e. The molecule has 0 unspecified atom stereocenters. The number of rotatable bonds is 2.